The molecule has 0 saturated carbocycles. The van der Waals surface area contributed by atoms with E-state index in [1.54, 1.807) is 7.11 Å². The van der Waals surface area contributed by atoms with Gasteiger partial charge in [0.2, 0.25) is 5.88 Å². The Labute approximate surface area is 177 Å². The number of nitrogens with zero attached hydrogens (tertiary/aromatic N) is 4. The highest BCUT2D eigenvalue weighted by Gasteiger charge is 2.22. The van der Waals surface area contributed by atoms with Crippen LogP contribution in [-0.2, 0) is 6.42 Å². The molecule has 0 unspecified atom stereocenters. The van der Waals surface area contributed by atoms with E-state index in [1.807, 2.05) is 36.4 Å². The Balaban J connectivity index is 1.43. The number of nitrogen functional groups attached to an aromatic ring is 1. The van der Waals surface area contributed by atoms with E-state index in [4.69, 9.17) is 15.2 Å². The molecule has 1 fully saturated rings. The fraction of sp³-hybridized carbons (Fsp3) is 0.304. The molecule has 7 heteroatoms. The first-order chi connectivity index (χ1) is 14.7. The summed E-state index contributed by atoms with van der Waals surface area (Å²) < 4.78 is 11.2. The third-order valence-corrected chi connectivity index (χ3v) is 5.39. The molecule has 156 valence electrons. The van der Waals surface area contributed by atoms with Crippen molar-refractivity contribution >= 4 is 17.2 Å². The van der Waals surface area contributed by atoms with Gasteiger partial charge in [-0.15, -0.1) is 0 Å². The van der Waals surface area contributed by atoms with Crippen LogP contribution in [0.15, 0.2) is 54.9 Å². The molecule has 0 spiro atoms. The van der Waals surface area contributed by atoms with E-state index in [9.17, 15) is 0 Å². The third kappa shape index (κ3) is 4.25. The van der Waals surface area contributed by atoms with Gasteiger partial charge < -0.3 is 25.0 Å². The summed E-state index contributed by atoms with van der Waals surface area (Å²) in [5.41, 5.74) is 9.29. The highest BCUT2D eigenvalue weighted by molar-refractivity contribution is 5.69. The molecule has 0 atom stereocenters. The minimum atomic E-state index is 0.391. The highest BCUT2D eigenvalue weighted by Crippen LogP contribution is 2.32. The number of anilines is 3. The molecule has 0 radical (unpaired) electrons. The molecule has 7 nitrogen and oxygen atoms in total. The van der Waals surface area contributed by atoms with Crippen LogP contribution in [-0.4, -0.2) is 43.3 Å². The van der Waals surface area contributed by atoms with Crippen LogP contribution in [0.5, 0.6) is 17.4 Å². The lowest BCUT2D eigenvalue weighted by atomic mass is 10.2. The molecule has 2 heterocycles. The van der Waals surface area contributed by atoms with E-state index >= 15 is 0 Å². The quantitative estimate of drug-likeness (QED) is 0.669. The largest absolute Gasteiger partial charge is 0.497 e. The van der Waals surface area contributed by atoms with Gasteiger partial charge in [0, 0.05) is 31.9 Å². The van der Waals surface area contributed by atoms with Gasteiger partial charge in [-0.2, -0.15) is 4.98 Å². The number of aryl methyl sites for hydroxylation is 1. The summed E-state index contributed by atoms with van der Waals surface area (Å²) in [5.74, 6) is 2.69. The Hall–Kier alpha value is -3.48. The summed E-state index contributed by atoms with van der Waals surface area (Å²) in [7, 11) is 1.68. The SMILES string of the molecule is CCc1ccc(Oc2ncnc(N3CCN(c4ccc(OC)cc4)CC3)c2N)cc1. The number of ether oxygens (including phenoxy) is 2. The molecule has 1 aliphatic heterocycles. The number of benzene rings is 2. The van der Waals surface area contributed by atoms with Crippen LogP contribution in [0.3, 0.4) is 0 Å². The minimum absolute atomic E-state index is 0.391. The molecular formula is C23H27N5O2. The first kappa shape index (κ1) is 19.8. The summed E-state index contributed by atoms with van der Waals surface area (Å²) in [5, 5.41) is 0. The zero-order valence-corrected chi connectivity index (χ0v) is 17.4. The van der Waals surface area contributed by atoms with Crippen LogP contribution in [0, 0.1) is 0 Å². The number of methoxy groups -OCH3 is 1. The van der Waals surface area contributed by atoms with Crippen LogP contribution >= 0.6 is 0 Å². The van der Waals surface area contributed by atoms with E-state index in [-0.39, 0.29) is 0 Å². The Morgan fingerprint density at radius 3 is 2.13 bits per heavy atom. The molecule has 3 aromatic rings. The number of hydrogen-bond donors (Lipinski definition) is 1. The lowest BCUT2D eigenvalue weighted by Crippen LogP contribution is -2.47. The lowest BCUT2D eigenvalue weighted by Gasteiger charge is -2.37. The molecule has 0 bridgehead atoms. The topological polar surface area (TPSA) is 76.7 Å². The zero-order chi connectivity index (χ0) is 20.9. The van der Waals surface area contributed by atoms with E-state index in [0.717, 1.165) is 44.2 Å². The number of aromatic nitrogens is 2. The van der Waals surface area contributed by atoms with E-state index in [2.05, 4.69) is 38.8 Å². The van der Waals surface area contributed by atoms with Crippen LogP contribution in [0.2, 0.25) is 0 Å². The zero-order valence-electron chi connectivity index (χ0n) is 17.4. The van der Waals surface area contributed by atoms with E-state index in [0.29, 0.717) is 17.3 Å². The molecule has 2 aromatic carbocycles. The maximum atomic E-state index is 6.38. The van der Waals surface area contributed by atoms with Crippen LogP contribution in [0.1, 0.15) is 12.5 Å². The summed E-state index contributed by atoms with van der Waals surface area (Å²) in [6.45, 7) is 5.52. The monoisotopic (exact) mass is 405 g/mol. The Kier molecular flexibility index (Phi) is 5.88. The summed E-state index contributed by atoms with van der Waals surface area (Å²) >= 11 is 0. The van der Waals surface area contributed by atoms with Crippen molar-refractivity contribution in [3.05, 3.63) is 60.4 Å². The molecule has 0 amide bonds. The molecule has 2 N–H and O–H groups in total. The van der Waals surface area contributed by atoms with Crippen LogP contribution in [0.4, 0.5) is 17.2 Å². The molecule has 4 rings (SSSR count). The predicted octanol–water partition coefficient (Wildman–Crippen LogP) is 3.75. The minimum Gasteiger partial charge on any atom is -0.497 e. The average Bonchev–Trinajstić information content (AvgIpc) is 2.81. The van der Waals surface area contributed by atoms with E-state index < -0.39 is 0 Å². The van der Waals surface area contributed by atoms with Gasteiger partial charge in [-0.1, -0.05) is 19.1 Å². The summed E-state index contributed by atoms with van der Waals surface area (Å²) in [6, 6.07) is 16.1. The summed E-state index contributed by atoms with van der Waals surface area (Å²) in [4.78, 5) is 13.2. The average molecular weight is 406 g/mol. The molecule has 1 aliphatic rings. The molecule has 30 heavy (non-hydrogen) atoms. The molecule has 0 aliphatic carbocycles. The van der Waals surface area contributed by atoms with Gasteiger partial charge in [-0.3, -0.25) is 0 Å². The van der Waals surface area contributed by atoms with Gasteiger partial charge in [0.25, 0.3) is 0 Å². The second kappa shape index (κ2) is 8.90. The maximum absolute atomic E-state index is 6.38. The Morgan fingerprint density at radius 2 is 1.50 bits per heavy atom. The second-order valence-corrected chi connectivity index (χ2v) is 7.19. The van der Waals surface area contributed by atoms with E-state index in [1.165, 1.54) is 17.6 Å². The van der Waals surface area contributed by atoms with Crippen molar-refractivity contribution in [3.8, 4) is 17.4 Å². The highest BCUT2D eigenvalue weighted by atomic mass is 16.5. The van der Waals surface area contributed by atoms with Crippen molar-refractivity contribution in [3.63, 3.8) is 0 Å². The third-order valence-electron chi connectivity index (χ3n) is 5.39. The van der Waals surface area contributed by atoms with Crippen LogP contribution < -0.4 is 25.0 Å². The Morgan fingerprint density at radius 1 is 0.867 bits per heavy atom. The molecule has 1 aromatic heterocycles. The van der Waals surface area contributed by atoms with Crippen molar-refractivity contribution in [1.29, 1.82) is 0 Å². The van der Waals surface area contributed by atoms with Crippen molar-refractivity contribution in [2.75, 3.05) is 48.8 Å². The van der Waals surface area contributed by atoms with Crippen molar-refractivity contribution < 1.29 is 9.47 Å². The maximum Gasteiger partial charge on any atom is 0.248 e. The fourth-order valence-corrected chi connectivity index (χ4v) is 3.58. The lowest BCUT2D eigenvalue weighted by molar-refractivity contribution is 0.415. The van der Waals surface area contributed by atoms with Crippen molar-refractivity contribution in [1.82, 2.24) is 9.97 Å². The van der Waals surface area contributed by atoms with Crippen molar-refractivity contribution in [2.45, 2.75) is 13.3 Å². The number of piperazine rings is 1. The smallest absolute Gasteiger partial charge is 0.248 e. The van der Waals surface area contributed by atoms with Gasteiger partial charge in [0.1, 0.15) is 23.5 Å². The van der Waals surface area contributed by atoms with Gasteiger partial charge in [-0.25, -0.2) is 4.98 Å². The van der Waals surface area contributed by atoms with Gasteiger partial charge in [0.05, 0.1) is 7.11 Å². The fourth-order valence-electron chi connectivity index (χ4n) is 3.58. The standard InChI is InChI=1S/C23H27N5O2/c1-3-17-4-8-20(9-5-17)30-23-21(24)22(25-16-26-23)28-14-12-27(13-15-28)18-6-10-19(29-2)11-7-18/h4-11,16H,3,12-15,24H2,1-2H3. The molecule has 1 saturated heterocycles. The van der Waals surface area contributed by atoms with Crippen LogP contribution in [0.25, 0.3) is 0 Å². The normalized spacial score (nSPS) is 13.9. The number of nitrogens with two attached hydrogens (primary N) is 1. The van der Waals surface area contributed by atoms with Gasteiger partial charge in [0.15, 0.2) is 5.82 Å². The van der Waals surface area contributed by atoms with Crippen molar-refractivity contribution in [2.24, 2.45) is 0 Å². The predicted molar refractivity (Wildman–Crippen MR) is 120 cm³/mol. The number of hydrogen-bond acceptors (Lipinski definition) is 7. The summed E-state index contributed by atoms with van der Waals surface area (Å²) in [6.07, 6.45) is 2.50. The first-order valence-corrected chi connectivity index (χ1v) is 10.2. The Bertz CT molecular complexity index is 968. The first-order valence-electron chi connectivity index (χ1n) is 10.2. The number of rotatable bonds is 6. The second-order valence-electron chi connectivity index (χ2n) is 7.19. The van der Waals surface area contributed by atoms with Gasteiger partial charge >= 0.3 is 0 Å². The van der Waals surface area contributed by atoms with Gasteiger partial charge in [-0.05, 0) is 48.4 Å². The molecular weight excluding hydrogens is 378 g/mol.